The van der Waals surface area contributed by atoms with Crippen molar-refractivity contribution in [1.82, 2.24) is 15.3 Å². The fraction of sp³-hybridized carbons (Fsp3) is 0.435. The zero-order valence-electron chi connectivity index (χ0n) is 19.0. The number of H-pyrrole nitrogens is 1. The summed E-state index contributed by atoms with van der Waals surface area (Å²) in [6, 6.07) is 4.20. The molecule has 12 heteroatoms. The Hall–Kier alpha value is -3.25. The Morgan fingerprint density at radius 2 is 1.71 bits per heavy atom. The van der Waals surface area contributed by atoms with Crippen molar-refractivity contribution in [3.8, 4) is 0 Å². The number of amides is 1. The number of hydrogen-bond donors (Lipinski definition) is 5. The maximum atomic E-state index is 12.3. The molecule has 1 atom stereocenters. The van der Waals surface area contributed by atoms with E-state index >= 15 is 0 Å². The van der Waals surface area contributed by atoms with Gasteiger partial charge in [-0.25, -0.2) is 9.78 Å². The minimum absolute atomic E-state index is 0.134. The molecule has 0 aliphatic carbocycles. The summed E-state index contributed by atoms with van der Waals surface area (Å²) in [6.45, 7) is 0. The molecule has 0 saturated carbocycles. The Labute approximate surface area is 209 Å². The highest BCUT2D eigenvalue weighted by Gasteiger charge is 2.22. The van der Waals surface area contributed by atoms with Gasteiger partial charge in [-0.3, -0.25) is 19.4 Å². The first-order valence-electron chi connectivity index (χ1n) is 11.4. The van der Waals surface area contributed by atoms with Gasteiger partial charge in [0.2, 0.25) is 5.95 Å². The number of carboxylic acid groups (broad SMARTS) is 2. The van der Waals surface area contributed by atoms with E-state index in [-0.39, 0.29) is 24.3 Å². The SMILES string of the molecule is Nc1nc2sc(CCCCCCCc3ccc(C(=O)N[C@H](CCC(=O)O)C(=O)O)s3)cc2c(=O)[nH]1. The third-order valence-electron chi connectivity index (χ3n) is 5.45. The van der Waals surface area contributed by atoms with E-state index in [4.69, 9.17) is 10.8 Å². The average Bonchev–Trinajstić information content (AvgIpc) is 3.42. The van der Waals surface area contributed by atoms with E-state index in [2.05, 4.69) is 15.3 Å². The van der Waals surface area contributed by atoms with Crippen LogP contribution in [0, 0.1) is 0 Å². The number of aliphatic carboxylic acids is 2. The molecular formula is C23H28N4O6S2. The molecule has 3 aromatic rings. The van der Waals surface area contributed by atoms with Crippen LogP contribution in [0.4, 0.5) is 5.95 Å². The van der Waals surface area contributed by atoms with E-state index in [1.807, 2.05) is 12.1 Å². The van der Waals surface area contributed by atoms with E-state index in [9.17, 15) is 24.3 Å². The number of unbranched alkanes of at least 4 members (excludes halogenated alkanes) is 4. The molecule has 10 nitrogen and oxygen atoms in total. The van der Waals surface area contributed by atoms with Crippen molar-refractivity contribution < 1.29 is 24.6 Å². The second-order valence-electron chi connectivity index (χ2n) is 8.21. The average molecular weight is 521 g/mol. The van der Waals surface area contributed by atoms with Gasteiger partial charge in [0, 0.05) is 16.2 Å². The van der Waals surface area contributed by atoms with Crippen molar-refractivity contribution in [2.75, 3.05) is 5.73 Å². The number of aromatic nitrogens is 2. The Balaban J connectivity index is 1.35. The lowest BCUT2D eigenvalue weighted by atomic mass is 10.1. The van der Waals surface area contributed by atoms with Crippen molar-refractivity contribution in [1.29, 1.82) is 0 Å². The zero-order chi connectivity index (χ0) is 25.4. The highest BCUT2D eigenvalue weighted by Crippen LogP contribution is 2.24. The number of fused-ring (bicyclic) bond motifs is 1. The Kier molecular flexibility index (Phi) is 9.38. The van der Waals surface area contributed by atoms with Crippen molar-refractivity contribution in [3.63, 3.8) is 0 Å². The number of nitrogens with zero attached hydrogens (tertiary/aromatic N) is 1. The number of hydrogen-bond acceptors (Lipinski definition) is 8. The number of nitrogens with two attached hydrogens (primary N) is 1. The van der Waals surface area contributed by atoms with Crippen LogP contribution in [0.15, 0.2) is 23.0 Å². The highest BCUT2D eigenvalue weighted by molar-refractivity contribution is 7.18. The molecule has 6 N–H and O–H groups in total. The number of carbonyl (C=O) groups is 3. The van der Waals surface area contributed by atoms with E-state index in [1.54, 1.807) is 6.07 Å². The molecule has 1 amide bonds. The molecule has 0 aliphatic heterocycles. The fourth-order valence-electron chi connectivity index (χ4n) is 3.64. The van der Waals surface area contributed by atoms with Crippen LogP contribution in [0.5, 0.6) is 0 Å². The molecule has 3 rings (SSSR count). The molecule has 0 spiro atoms. The predicted octanol–water partition coefficient (Wildman–Crippen LogP) is 3.41. The van der Waals surface area contributed by atoms with Crippen LogP contribution >= 0.6 is 22.7 Å². The van der Waals surface area contributed by atoms with Crippen LogP contribution in [-0.2, 0) is 22.4 Å². The number of nitrogen functional groups attached to an aromatic ring is 1. The largest absolute Gasteiger partial charge is 0.481 e. The van der Waals surface area contributed by atoms with Crippen molar-refractivity contribution in [2.24, 2.45) is 0 Å². The predicted molar refractivity (Wildman–Crippen MR) is 135 cm³/mol. The van der Waals surface area contributed by atoms with Crippen molar-refractivity contribution in [2.45, 2.75) is 63.8 Å². The molecule has 0 saturated heterocycles. The van der Waals surface area contributed by atoms with Gasteiger partial charge in [-0.15, -0.1) is 22.7 Å². The van der Waals surface area contributed by atoms with Gasteiger partial charge in [-0.1, -0.05) is 19.3 Å². The quantitative estimate of drug-likeness (QED) is 0.201. The molecule has 0 bridgehead atoms. The molecule has 0 aliphatic rings. The van der Waals surface area contributed by atoms with Crippen LogP contribution in [0.1, 0.15) is 64.4 Å². The minimum atomic E-state index is -1.25. The van der Waals surface area contributed by atoms with Gasteiger partial charge >= 0.3 is 11.9 Å². The normalized spacial score (nSPS) is 12.0. The van der Waals surface area contributed by atoms with Crippen LogP contribution in [0.3, 0.4) is 0 Å². The summed E-state index contributed by atoms with van der Waals surface area (Å²) in [4.78, 5) is 56.1. The summed E-state index contributed by atoms with van der Waals surface area (Å²) >= 11 is 2.83. The van der Waals surface area contributed by atoms with Crippen LogP contribution < -0.4 is 16.6 Å². The second kappa shape index (κ2) is 12.5. The van der Waals surface area contributed by atoms with Crippen LogP contribution in [0.25, 0.3) is 10.2 Å². The van der Waals surface area contributed by atoms with Crippen molar-refractivity contribution >= 4 is 56.7 Å². The smallest absolute Gasteiger partial charge is 0.326 e. The van der Waals surface area contributed by atoms with E-state index in [1.165, 1.54) is 22.7 Å². The molecule has 3 aromatic heterocycles. The Morgan fingerprint density at radius 3 is 2.40 bits per heavy atom. The number of carboxylic acids is 2. The topological polar surface area (TPSA) is 175 Å². The van der Waals surface area contributed by atoms with Gasteiger partial charge in [0.05, 0.1) is 10.3 Å². The molecule has 0 aromatic carbocycles. The standard InChI is InChI=1S/C23H28N4O6S2/c24-23-26-19(30)15-12-14(35-21(15)27-23)7-5-3-1-2-4-6-13-8-10-17(34-13)20(31)25-16(22(32)33)9-11-18(28)29/h8,10,12,16H,1-7,9,11H2,(H,25,31)(H,28,29)(H,32,33)(H3,24,26,27,30)/t16-/m1/s1. The number of thiophene rings is 2. The summed E-state index contributed by atoms with van der Waals surface area (Å²) in [6.07, 6.45) is 6.46. The van der Waals surface area contributed by atoms with Gasteiger partial charge in [-0.05, 0) is 50.3 Å². The van der Waals surface area contributed by atoms with Crippen molar-refractivity contribution in [3.05, 3.63) is 43.2 Å². The van der Waals surface area contributed by atoms with E-state index in [0.29, 0.717) is 15.1 Å². The maximum absolute atomic E-state index is 12.3. The summed E-state index contributed by atoms with van der Waals surface area (Å²) in [7, 11) is 0. The van der Waals surface area contributed by atoms with E-state index in [0.717, 1.165) is 54.7 Å². The fourth-order valence-corrected chi connectivity index (χ4v) is 5.67. The summed E-state index contributed by atoms with van der Waals surface area (Å²) in [5, 5.41) is 20.9. The molecule has 0 radical (unpaired) electrons. The Bertz CT molecular complexity index is 1250. The highest BCUT2D eigenvalue weighted by atomic mass is 32.1. The number of nitrogens with one attached hydrogen (secondary N) is 2. The molecule has 3 heterocycles. The number of carbonyl (C=O) groups excluding carboxylic acids is 1. The summed E-state index contributed by atoms with van der Waals surface area (Å²) in [5.74, 6) is -2.72. The van der Waals surface area contributed by atoms with Gasteiger partial charge in [0.25, 0.3) is 11.5 Å². The number of aryl methyl sites for hydroxylation is 2. The number of rotatable bonds is 14. The lowest BCUT2D eigenvalue weighted by Gasteiger charge is -2.12. The molecule has 35 heavy (non-hydrogen) atoms. The summed E-state index contributed by atoms with van der Waals surface area (Å²) < 4.78 is 0. The van der Waals surface area contributed by atoms with E-state index < -0.39 is 23.9 Å². The monoisotopic (exact) mass is 520 g/mol. The minimum Gasteiger partial charge on any atom is -0.481 e. The lowest BCUT2D eigenvalue weighted by molar-refractivity contribution is -0.140. The maximum Gasteiger partial charge on any atom is 0.326 e. The zero-order valence-corrected chi connectivity index (χ0v) is 20.7. The summed E-state index contributed by atoms with van der Waals surface area (Å²) in [5.41, 5.74) is 5.39. The van der Waals surface area contributed by atoms with Gasteiger partial charge in [0.15, 0.2) is 0 Å². The lowest BCUT2D eigenvalue weighted by Crippen LogP contribution is -2.40. The number of anilines is 1. The molecule has 0 unspecified atom stereocenters. The third-order valence-corrected chi connectivity index (χ3v) is 7.69. The first-order valence-corrected chi connectivity index (χ1v) is 13.0. The van der Waals surface area contributed by atoms with Gasteiger partial charge in [0.1, 0.15) is 10.9 Å². The number of aromatic amines is 1. The third kappa shape index (κ3) is 7.89. The van der Waals surface area contributed by atoms with Gasteiger partial charge in [-0.2, -0.15) is 0 Å². The Morgan fingerprint density at radius 1 is 1.03 bits per heavy atom. The van der Waals surface area contributed by atoms with Crippen LogP contribution in [-0.4, -0.2) is 44.1 Å². The van der Waals surface area contributed by atoms with Gasteiger partial charge < -0.3 is 21.3 Å². The molecule has 188 valence electrons. The molecular weight excluding hydrogens is 492 g/mol. The first kappa shape index (κ1) is 26.4. The van der Waals surface area contributed by atoms with Crippen LogP contribution in [0.2, 0.25) is 0 Å². The first-order chi connectivity index (χ1) is 16.7. The molecule has 0 fully saturated rings. The second-order valence-corrected chi connectivity index (χ2v) is 10.5.